The smallest absolute Gasteiger partial charge is 0.256 e. The zero-order valence-corrected chi connectivity index (χ0v) is 20.2. The Hall–Kier alpha value is -3.66. The van der Waals surface area contributed by atoms with Crippen LogP contribution in [0.4, 0.5) is 11.4 Å². The van der Waals surface area contributed by atoms with E-state index in [2.05, 4.69) is 10.6 Å². The van der Waals surface area contributed by atoms with Gasteiger partial charge >= 0.3 is 0 Å². The fourth-order valence-electron chi connectivity index (χ4n) is 3.60. The van der Waals surface area contributed by atoms with E-state index in [1.54, 1.807) is 60.5 Å². The van der Waals surface area contributed by atoms with Crippen LogP contribution >= 0.6 is 12.2 Å². The van der Waals surface area contributed by atoms with Gasteiger partial charge in [-0.3, -0.25) is 19.3 Å². The largest absolute Gasteiger partial charge is 0.497 e. The van der Waals surface area contributed by atoms with Crippen molar-refractivity contribution in [3.05, 3.63) is 48.5 Å². The first-order chi connectivity index (χ1) is 16.3. The van der Waals surface area contributed by atoms with Crippen molar-refractivity contribution < 1.29 is 23.9 Å². The second-order valence-electron chi connectivity index (χ2n) is 7.56. The molecule has 1 fully saturated rings. The van der Waals surface area contributed by atoms with Gasteiger partial charge in [0.25, 0.3) is 5.91 Å². The molecule has 1 heterocycles. The molecule has 9 nitrogen and oxygen atoms in total. The Morgan fingerprint density at radius 2 is 1.71 bits per heavy atom. The summed E-state index contributed by atoms with van der Waals surface area (Å²) in [5.41, 5.74) is 1.17. The lowest BCUT2D eigenvalue weighted by Crippen LogP contribution is -2.42. The monoisotopic (exact) mass is 484 g/mol. The number of thiocarbonyl (C=S) groups is 1. The highest BCUT2D eigenvalue weighted by molar-refractivity contribution is 7.80. The summed E-state index contributed by atoms with van der Waals surface area (Å²) >= 11 is 5.61. The summed E-state index contributed by atoms with van der Waals surface area (Å²) in [6.45, 7) is 4.42. The van der Waals surface area contributed by atoms with E-state index >= 15 is 0 Å². The Morgan fingerprint density at radius 1 is 1.06 bits per heavy atom. The van der Waals surface area contributed by atoms with Crippen LogP contribution in [-0.2, 0) is 14.4 Å². The molecule has 2 aromatic carbocycles. The number of hydrogen-bond donors (Lipinski definition) is 2. The Morgan fingerprint density at radius 3 is 2.29 bits per heavy atom. The lowest BCUT2D eigenvalue weighted by atomic mass is 10.1. The Labute approximate surface area is 204 Å². The van der Waals surface area contributed by atoms with Gasteiger partial charge in [0.15, 0.2) is 5.11 Å². The zero-order valence-electron chi connectivity index (χ0n) is 19.4. The van der Waals surface area contributed by atoms with E-state index in [1.807, 2.05) is 6.92 Å². The minimum atomic E-state index is -0.800. The van der Waals surface area contributed by atoms with Gasteiger partial charge in [0, 0.05) is 25.7 Å². The molecule has 1 aliphatic rings. The summed E-state index contributed by atoms with van der Waals surface area (Å²) in [6.07, 6.45) is -0.0986. The fraction of sp³-hybridized carbons (Fsp3) is 0.333. The van der Waals surface area contributed by atoms with Crippen molar-refractivity contribution in [2.75, 3.05) is 37.0 Å². The maximum absolute atomic E-state index is 13.4. The van der Waals surface area contributed by atoms with Gasteiger partial charge in [-0.1, -0.05) is 0 Å². The minimum absolute atomic E-state index is 0.0986. The second kappa shape index (κ2) is 11.5. The van der Waals surface area contributed by atoms with Crippen molar-refractivity contribution in [3.8, 4) is 11.5 Å². The number of benzene rings is 2. The van der Waals surface area contributed by atoms with E-state index in [-0.39, 0.29) is 42.3 Å². The minimum Gasteiger partial charge on any atom is -0.497 e. The number of anilines is 2. The van der Waals surface area contributed by atoms with Gasteiger partial charge in [-0.2, -0.15) is 0 Å². The molecule has 1 atom stereocenters. The van der Waals surface area contributed by atoms with Crippen LogP contribution in [0.2, 0.25) is 0 Å². The molecule has 0 saturated carbocycles. The molecule has 0 bridgehead atoms. The number of carbonyl (C=O) groups excluding carboxylic acids is 3. The molecule has 2 N–H and O–H groups in total. The van der Waals surface area contributed by atoms with Crippen molar-refractivity contribution in [2.24, 2.45) is 0 Å². The topological polar surface area (TPSA) is 100 Å². The van der Waals surface area contributed by atoms with Crippen molar-refractivity contribution in [3.63, 3.8) is 0 Å². The summed E-state index contributed by atoms with van der Waals surface area (Å²) < 4.78 is 10.6. The summed E-state index contributed by atoms with van der Waals surface area (Å²) in [6, 6.07) is 13.1. The molecule has 3 rings (SSSR count). The van der Waals surface area contributed by atoms with Crippen LogP contribution in [0.25, 0.3) is 0 Å². The molecule has 0 radical (unpaired) electrons. The average molecular weight is 485 g/mol. The molecular formula is C24H28N4O5S. The molecule has 2 aromatic rings. The second-order valence-corrected chi connectivity index (χ2v) is 7.92. The lowest BCUT2D eigenvalue weighted by molar-refractivity contribution is -0.124. The lowest BCUT2D eigenvalue weighted by Gasteiger charge is -2.24. The highest BCUT2D eigenvalue weighted by atomic mass is 32.1. The van der Waals surface area contributed by atoms with Crippen LogP contribution in [0.5, 0.6) is 11.5 Å². The molecule has 1 unspecified atom stereocenters. The van der Waals surface area contributed by atoms with E-state index < -0.39 is 6.04 Å². The maximum atomic E-state index is 13.4. The number of nitrogens with one attached hydrogen (secondary N) is 2. The number of rotatable bonds is 10. The van der Waals surface area contributed by atoms with E-state index in [0.717, 1.165) is 0 Å². The van der Waals surface area contributed by atoms with Gasteiger partial charge in [0.2, 0.25) is 11.8 Å². The van der Waals surface area contributed by atoms with E-state index in [1.165, 1.54) is 11.8 Å². The van der Waals surface area contributed by atoms with E-state index in [9.17, 15) is 14.4 Å². The van der Waals surface area contributed by atoms with Crippen molar-refractivity contribution >= 4 is 46.4 Å². The highest BCUT2D eigenvalue weighted by Gasteiger charge is 2.43. The van der Waals surface area contributed by atoms with Crippen LogP contribution < -0.4 is 25.0 Å². The molecular weight excluding hydrogens is 456 g/mol. The number of carbonyl (C=O) groups is 3. The van der Waals surface area contributed by atoms with Gasteiger partial charge in [-0.05, 0) is 67.7 Å². The van der Waals surface area contributed by atoms with Gasteiger partial charge < -0.3 is 25.0 Å². The number of ether oxygens (including phenoxy) is 2. The molecule has 3 amide bonds. The molecule has 34 heavy (non-hydrogen) atoms. The maximum Gasteiger partial charge on any atom is 0.256 e. The summed E-state index contributed by atoms with van der Waals surface area (Å²) in [4.78, 5) is 40.6. The van der Waals surface area contributed by atoms with Crippen LogP contribution in [0.15, 0.2) is 48.5 Å². The Kier molecular flexibility index (Phi) is 8.42. The van der Waals surface area contributed by atoms with E-state index in [4.69, 9.17) is 21.7 Å². The van der Waals surface area contributed by atoms with Crippen molar-refractivity contribution in [1.29, 1.82) is 0 Å². The molecule has 180 valence electrons. The van der Waals surface area contributed by atoms with Crippen LogP contribution in [0, 0.1) is 0 Å². The highest BCUT2D eigenvalue weighted by Crippen LogP contribution is 2.29. The fourth-order valence-corrected chi connectivity index (χ4v) is 4.01. The molecule has 0 spiro atoms. The number of methoxy groups -OCH3 is 1. The summed E-state index contributed by atoms with van der Waals surface area (Å²) in [5, 5.41) is 5.79. The molecule has 0 aliphatic carbocycles. The van der Waals surface area contributed by atoms with E-state index in [0.29, 0.717) is 29.5 Å². The molecule has 1 aliphatic heterocycles. The number of hydrogen-bond acceptors (Lipinski definition) is 6. The van der Waals surface area contributed by atoms with Crippen LogP contribution in [0.1, 0.15) is 20.3 Å². The molecule has 1 saturated heterocycles. The van der Waals surface area contributed by atoms with Crippen LogP contribution in [-0.4, -0.2) is 60.6 Å². The third-order valence-corrected chi connectivity index (χ3v) is 5.62. The predicted octanol–water partition coefficient (Wildman–Crippen LogP) is 2.56. The Bertz CT molecular complexity index is 1040. The first-order valence-electron chi connectivity index (χ1n) is 10.9. The van der Waals surface area contributed by atoms with Crippen molar-refractivity contribution in [2.45, 2.75) is 26.3 Å². The predicted molar refractivity (Wildman–Crippen MR) is 133 cm³/mol. The van der Waals surface area contributed by atoms with Gasteiger partial charge in [-0.25, -0.2) is 0 Å². The third-order valence-electron chi connectivity index (χ3n) is 5.20. The quantitative estimate of drug-likeness (QED) is 0.500. The summed E-state index contributed by atoms with van der Waals surface area (Å²) in [7, 11) is 1.56. The number of nitrogens with zero attached hydrogens (tertiary/aromatic N) is 2. The SMILES string of the molecule is CCOc1ccc(N2C(=O)C(CC(=O)Nc3ccc(OC)cc3)N(CCNC(C)=O)C2=S)cc1. The number of amides is 3. The van der Waals surface area contributed by atoms with Crippen LogP contribution in [0.3, 0.4) is 0 Å². The van der Waals surface area contributed by atoms with Gasteiger partial charge in [0.05, 0.1) is 25.8 Å². The zero-order chi connectivity index (χ0) is 24.7. The standard InChI is InChI=1S/C24H28N4O5S/c1-4-33-20-11-7-18(8-12-20)28-23(31)21(27(24(28)34)14-13-25-16(2)29)15-22(30)26-17-5-9-19(32-3)10-6-17/h5-12,21H,4,13-15H2,1-3H3,(H,25,29)(H,26,30). The summed E-state index contributed by atoms with van der Waals surface area (Å²) in [5.74, 6) is 0.533. The third kappa shape index (κ3) is 6.02. The normalized spacial score (nSPS) is 15.3. The van der Waals surface area contributed by atoms with Gasteiger partial charge in [-0.15, -0.1) is 0 Å². The first kappa shape index (κ1) is 25.0. The van der Waals surface area contributed by atoms with Gasteiger partial charge in [0.1, 0.15) is 17.5 Å². The molecule has 10 heteroatoms. The molecule has 0 aromatic heterocycles. The van der Waals surface area contributed by atoms with Crippen molar-refractivity contribution in [1.82, 2.24) is 10.2 Å². The average Bonchev–Trinajstić information content (AvgIpc) is 3.04. The first-order valence-corrected chi connectivity index (χ1v) is 11.3. The Balaban J connectivity index is 1.77.